The fourth-order valence-electron chi connectivity index (χ4n) is 1.25. The maximum Gasteiger partial charge on any atom is 0.356 e. The van der Waals surface area contributed by atoms with Crippen molar-refractivity contribution in [2.24, 2.45) is 0 Å². The van der Waals surface area contributed by atoms with E-state index >= 15 is 0 Å². The highest BCUT2D eigenvalue weighted by atomic mass is 16.4. The van der Waals surface area contributed by atoms with E-state index in [-0.39, 0.29) is 11.4 Å². The Kier molecular flexibility index (Phi) is 4.69. The Morgan fingerprint density at radius 2 is 2.33 bits per heavy atom. The fourth-order valence-corrected chi connectivity index (χ4v) is 1.25. The van der Waals surface area contributed by atoms with Gasteiger partial charge in [-0.05, 0) is 18.6 Å². The average molecular weight is 247 g/mol. The van der Waals surface area contributed by atoms with E-state index in [1.165, 1.54) is 18.3 Å². The molecule has 3 N–H and O–H groups in total. The topological polar surface area (TPSA) is 91.3 Å². The lowest BCUT2D eigenvalue weighted by Gasteiger charge is -2.12. The van der Waals surface area contributed by atoms with Gasteiger partial charge in [-0.15, -0.1) is 6.42 Å². The smallest absolute Gasteiger partial charge is 0.356 e. The SMILES string of the molecule is C#CC(CC)NC(=O)Nc1cccnc1C(=O)O. The van der Waals surface area contributed by atoms with E-state index in [2.05, 4.69) is 21.5 Å². The van der Waals surface area contributed by atoms with Gasteiger partial charge in [-0.2, -0.15) is 0 Å². The zero-order chi connectivity index (χ0) is 13.5. The number of hydrogen-bond donors (Lipinski definition) is 3. The lowest BCUT2D eigenvalue weighted by Crippen LogP contribution is -2.37. The van der Waals surface area contributed by atoms with Crippen molar-refractivity contribution in [2.45, 2.75) is 19.4 Å². The number of urea groups is 1. The highest BCUT2D eigenvalue weighted by Crippen LogP contribution is 2.11. The number of rotatable bonds is 4. The third kappa shape index (κ3) is 3.49. The van der Waals surface area contributed by atoms with Crippen molar-refractivity contribution in [3.8, 4) is 12.3 Å². The summed E-state index contributed by atoms with van der Waals surface area (Å²) in [7, 11) is 0. The van der Waals surface area contributed by atoms with Gasteiger partial charge >= 0.3 is 12.0 Å². The minimum Gasteiger partial charge on any atom is -0.476 e. The number of aromatic carboxylic acids is 1. The maximum atomic E-state index is 11.6. The van der Waals surface area contributed by atoms with Crippen molar-refractivity contribution in [1.29, 1.82) is 0 Å². The molecule has 0 bridgehead atoms. The molecule has 1 unspecified atom stereocenters. The summed E-state index contributed by atoms with van der Waals surface area (Å²) in [4.78, 5) is 26.1. The van der Waals surface area contributed by atoms with Crippen LogP contribution < -0.4 is 10.6 Å². The molecule has 94 valence electrons. The van der Waals surface area contributed by atoms with Crippen LogP contribution >= 0.6 is 0 Å². The zero-order valence-corrected chi connectivity index (χ0v) is 9.80. The first-order valence-electron chi connectivity index (χ1n) is 5.30. The number of pyridine rings is 1. The summed E-state index contributed by atoms with van der Waals surface area (Å²) in [5, 5.41) is 13.8. The molecule has 1 heterocycles. The highest BCUT2D eigenvalue weighted by molar-refractivity contribution is 5.98. The van der Waals surface area contributed by atoms with Crippen molar-refractivity contribution < 1.29 is 14.7 Å². The molecule has 6 heteroatoms. The second-order valence-electron chi connectivity index (χ2n) is 3.43. The molecule has 18 heavy (non-hydrogen) atoms. The van der Waals surface area contributed by atoms with Crippen molar-refractivity contribution in [3.63, 3.8) is 0 Å². The van der Waals surface area contributed by atoms with E-state index in [9.17, 15) is 9.59 Å². The normalized spacial score (nSPS) is 11.1. The van der Waals surface area contributed by atoms with Gasteiger partial charge in [-0.3, -0.25) is 0 Å². The Morgan fingerprint density at radius 1 is 1.61 bits per heavy atom. The van der Waals surface area contributed by atoms with Crippen LogP contribution in [0.3, 0.4) is 0 Å². The minimum atomic E-state index is -1.21. The molecular formula is C12H13N3O3. The lowest BCUT2D eigenvalue weighted by atomic mass is 10.2. The first kappa shape index (κ1) is 13.5. The molecule has 0 fully saturated rings. The number of hydrogen-bond acceptors (Lipinski definition) is 3. The second kappa shape index (κ2) is 6.25. The zero-order valence-electron chi connectivity index (χ0n) is 9.80. The van der Waals surface area contributed by atoms with Gasteiger partial charge in [0.25, 0.3) is 0 Å². The predicted octanol–water partition coefficient (Wildman–Crippen LogP) is 1.31. The minimum absolute atomic E-state index is 0.120. The number of nitrogens with one attached hydrogen (secondary N) is 2. The molecule has 6 nitrogen and oxygen atoms in total. The summed E-state index contributed by atoms with van der Waals surface area (Å²) in [6.45, 7) is 1.83. The quantitative estimate of drug-likeness (QED) is 0.699. The van der Waals surface area contributed by atoms with Crippen LogP contribution in [-0.2, 0) is 0 Å². The van der Waals surface area contributed by atoms with Crippen LogP contribution in [0.1, 0.15) is 23.8 Å². The number of amides is 2. The van der Waals surface area contributed by atoms with Crippen molar-refractivity contribution in [2.75, 3.05) is 5.32 Å². The van der Waals surface area contributed by atoms with E-state index in [1.54, 1.807) is 0 Å². The number of carboxylic acid groups (broad SMARTS) is 1. The predicted molar refractivity (Wildman–Crippen MR) is 66.3 cm³/mol. The molecule has 0 spiro atoms. The van der Waals surface area contributed by atoms with E-state index in [1.807, 2.05) is 6.92 Å². The van der Waals surface area contributed by atoms with Crippen molar-refractivity contribution in [3.05, 3.63) is 24.0 Å². The van der Waals surface area contributed by atoms with Gasteiger partial charge in [0, 0.05) is 6.20 Å². The van der Waals surface area contributed by atoms with E-state index in [0.29, 0.717) is 6.42 Å². The maximum absolute atomic E-state index is 11.6. The summed E-state index contributed by atoms with van der Waals surface area (Å²) in [6, 6.07) is 2.03. The van der Waals surface area contributed by atoms with Crippen molar-refractivity contribution in [1.82, 2.24) is 10.3 Å². The highest BCUT2D eigenvalue weighted by Gasteiger charge is 2.14. The third-order valence-corrected chi connectivity index (χ3v) is 2.17. The van der Waals surface area contributed by atoms with Crippen LogP contribution in [0, 0.1) is 12.3 Å². The van der Waals surface area contributed by atoms with Gasteiger partial charge < -0.3 is 15.7 Å². The number of anilines is 1. The van der Waals surface area contributed by atoms with Crippen LogP contribution in [-0.4, -0.2) is 28.1 Å². The van der Waals surface area contributed by atoms with Crippen LogP contribution in [0.25, 0.3) is 0 Å². The van der Waals surface area contributed by atoms with Crippen LogP contribution in [0.2, 0.25) is 0 Å². The number of nitrogens with zero attached hydrogens (tertiary/aromatic N) is 1. The van der Waals surface area contributed by atoms with E-state index < -0.39 is 18.0 Å². The lowest BCUT2D eigenvalue weighted by molar-refractivity contribution is 0.0692. The molecule has 0 radical (unpaired) electrons. The van der Waals surface area contributed by atoms with Gasteiger partial charge in [0.2, 0.25) is 0 Å². The Bertz CT molecular complexity index is 494. The van der Waals surface area contributed by atoms with Crippen LogP contribution in [0.5, 0.6) is 0 Å². The molecule has 0 aliphatic heterocycles. The Labute approximate surface area is 104 Å². The number of aromatic nitrogens is 1. The van der Waals surface area contributed by atoms with E-state index in [4.69, 9.17) is 11.5 Å². The molecular weight excluding hydrogens is 234 g/mol. The fraction of sp³-hybridized carbons (Fsp3) is 0.250. The monoisotopic (exact) mass is 247 g/mol. The van der Waals surface area contributed by atoms with Crippen LogP contribution in [0.4, 0.5) is 10.5 Å². The second-order valence-corrected chi connectivity index (χ2v) is 3.43. The summed E-state index contributed by atoms with van der Waals surface area (Å²) in [5.41, 5.74) is -0.101. The molecule has 1 aromatic heterocycles. The summed E-state index contributed by atoms with van der Waals surface area (Å²) < 4.78 is 0. The Morgan fingerprint density at radius 3 is 2.89 bits per heavy atom. The molecule has 1 atom stereocenters. The number of carbonyl (C=O) groups is 2. The molecule has 0 saturated heterocycles. The average Bonchev–Trinajstić information content (AvgIpc) is 2.36. The molecule has 1 aromatic rings. The van der Waals surface area contributed by atoms with Gasteiger partial charge in [-0.25, -0.2) is 14.6 Å². The molecule has 0 aliphatic carbocycles. The number of terminal acetylenes is 1. The summed E-state index contributed by atoms with van der Waals surface area (Å²) in [5.74, 6) is 1.19. The largest absolute Gasteiger partial charge is 0.476 e. The number of carboxylic acids is 1. The van der Waals surface area contributed by atoms with Gasteiger partial charge in [-0.1, -0.05) is 12.8 Å². The molecule has 0 aromatic carbocycles. The van der Waals surface area contributed by atoms with E-state index in [0.717, 1.165) is 0 Å². The van der Waals surface area contributed by atoms with Crippen LogP contribution in [0.15, 0.2) is 18.3 Å². The third-order valence-electron chi connectivity index (χ3n) is 2.17. The molecule has 0 aliphatic rings. The molecule has 2 amide bonds. The number of carbonyl (C=O) groups excluding carboxylic acids is 1. The van der Waals surface area contributed by atoms with Crippen molar-refractivity contribution >= 4 is 17.7 Å². The summed E-state index contributed by atoms with van der Waals surface area (Å²) >= 11 is 0. The van der Waals surface area contributed by atoms with Gasteiger partial charge in [0.1, 0.15) is 0 Å². The first-order chi connectivity index (χ1) is 8.58. The van der Waals surface area contributed by atoms with Gasteiger partial charge in [0.15, 0.2) is 5.69 Å². The Balaban J connectivity index is 2.77. The molecule has 1 rings (SSSR count). The first-order valence-corrected chi connectivity index (χ1v) is 5.30. The summed E-state index contributed by atoms with van der Waals surface area (Å²) in [6.07, 6.45) is 7.13. The Hall–Kier alpha value is -2.55. The standard InChI is InChI=1S/C12H13N3O3/c1-3-8(4-2)14-12(18)15-9-6-5-7-13-10(9)11(16)17/h1,5-8H,4H2,2H3,(H,16,17)(H2,14,15,18). The van der Waals surface area contributed by atoms with Gasteiger partial charge in [0.05, 0.1) is 11.7 Å². The molecule has 0 saturated carbocycles.